The van der Waals surface area contributed by atoms with Crippen molar-refractivity contribution in [2.75, 3.05) is 18.9 Å². The van der Waals surface area contributed by atoms with Gasteiger partial charge in [-0.25, -0.2) is 13.8 Å². The molecule has 1 heterocycles. The maximum Gasteiger partial charge on any atom is 0.212 e. The Morgan fingerprint density at radius 2 is 1.86 bits per heavy atom. The van der Waals surface area contributed by atoms with E-state index in [1.165, 1.54) is 14.2 Å². The molecule has 0 radical (unpaired) electrons. The molecular formula is C18H17F2N3O3S2. The fraction of sp³-hybridized carbons (Fsp3) is 0.222. The summed E-state index contributed by atoms with van der Waals surface area (Å²) in [7, 11) is 3.06. The van der Waals surface area contributed by atoms with Gasteiger partial charge in [-0.1, -0.05) is 0 Å². The highest BCUT2D eigenvalue weighted by Gasteiger charge is 2.14. The first-order chi connectivity index (χ1) is 13.5. The Labute approximate surface area is 169 Å². The molecule has 0 aliphatic heterocycles. The third-order valence-corrected chi connectivity index (χ3v) is 5.09. The summed E-state index contributed by atoms with van der Waals surface area (Å²) >= 11 is 2.00. The molecule has 6 nitrogen and oxygen atoms in total. The Kier molecular flexibility index (Phi) is 6.65. The summed E-state index contributed by atoms with van der Waals surface area (Å²) < 4.78 is 51.3. The zero-order valence-corrected chi connectivity index (χ0v) is 16.9. The third-order valence-electron chi connectivity index (χ3n) is 3.46. The first-order valence-electron chi connectivity index (χ1n) is 8.05. The number of aryl methyl sites for hydroxylation is 1. The normalized spacial score (nSPS) is 10.8. The van der Waals surface area contributed by atoms with Gasteiger partial charge in [0.1, 0.15) is 23.9 Å². The van der Waals surface area contributed by atoms with E-state index in [0.717, 1.165) is 41.2 Å². The third kappa shape index (κ3) is 5.09. The van der Waals surface area contributed by atoms with Crippen LogP contribution in [0.25, 0.3) is 0 Å². The maximum absolute atomic E-state index is 14.4. The Bertz CT molecular complexity index is 969. The number of nitrogens with one attached hydrogen (secondary N) is 1. The topological polar surface area (TPSA) is 65.5 Å². The fourth-order valence-corrected chi connectivity index (χ4v) is 3.53. The van der Waals surface area contributed by atoms with Crippen molar-refractivity contribution in [3.8, 4) is 17.2 Å². The Morgan fingerprint density at radius 1 is 1.07 bits per heavy atom. The summed E-state index contributed by atoms with van der Waals surface area (Å²) in [5, 5.41) is 0.462. The van der Waals surface area contributed by atoms with E-state index in [-0.39, 0.29) is 17.3 Å². The Balaban J connectivity index is 1.72. The van der Waals surface area contributed by atoms with Gasteiger partial charge in [0, 0.05) is 30.8 Å². The largest absolute Gasteiger partial charge is 0.497 e. The molecule has 0 aliphatic carbocycles. The molecule has 1 aromatic heterocycles. The molecule has 28 heavy (non-hydrogen) atoms. The molecule has 0 fully saturated rings. The highest BCUT2D eigenvalue weighted by Crippen LogP contribution is 2.33. The second kappa shape index (κ2) is 9.18. The summed E-state index contributed by atoms with van der Waals surface area (Å²) in [6.45, 7) is 2.13. The van der Waals surface area contributed by atoms with Crippen LogP contribution in [0.3, 0.4) is 0 Å². The van der Waals surface area contributed by atoms with E-state index in [4.69, 9.17) is 14.2 Å². The lowest BCUT2D eigenvalue weighted by Gasteiger charge is -2.11. The van der Waals surface area contributed by atoms with E-state index in [0.29, 0.717) is 22.5 Å². The van der Waals surface area contributed by atoms with Crippen LogP contribution in [0.5, 0.6) is 17.2 Å². The zero-order valence-electron chi connectivity index (χ0n) is 15.3. The number of aromatic nitrogens is 2. The number of rotatable bonds is 8. The molecule has 3 aromatic rings. The summed E-state index contributed by atoms with van der Waals surface area (Å²) in [6.07, 6.45) is 0. The van der Waals surface area contributed by atoms with Crippen LogP contribution >= 0.6 is 23.5 Å². The summed E-state index contributed by atoms with van der Waals surface area (Å²) in [6, 6.07) is 7.18. The number of hydrogen-bond acceptors (Lipinski definition) is 8. The van der Waals surface area contributed by atoms with Crippen molar-refractivity contribution in [1.82, 2.24) is 9.36 Å². The Morgan fingerprint density at radius 3 is 2.61 bits per heavy atom. The van der Waals surface area contributed by atoms with Gasteiger partial charge >= 0.3 is 0 Å². The molecule has 148 valence electrons. The predicted molar refractivity (Wildman–Crippen MR) is 104 cm³/mol. The molecule has 0 unspecified atom stereocenters. The van der Waals surface area contributed by atoms with Gasteiger partial charge in [-0.15, -0.1) is 0 Å². The highest BCUT2D eigenvalue weighted by atomic mass is 32.2. The van der Waals surface area contributed by atoms with Gasteiger partial charge in [-0.3, -0.25) is 0 Å². The number of hydrogen-bond donors (Lipinski definition) is 1. The first-order valence-corrected chi connectivity index (χ1v) is 9.64. The minimum Gasteiger partial charge on any atom is -0.497 e. The monoisotopic (exact) mass is 425 g/mol. The molecule has 0 saturated carbocycles. The van der Waals surface area contributed by atoms with Crippen molar-refractivity contribution in [1.29, 1.82) is 0 Å². The van der Waals surface area contributed by atoms with E-state index in [1.807, 2.05) is 6.92 Å². The van der Waals surface area contributed by atoms with E-state index < -0.39 is 11.6 Å². The van der Waals surface area contributed by atoms with Gasteiger partial charge < -0.3 is 18.9 Å². The van der Waals surface area contributed by atoms with Crippen LogP contribution in [-0.2, 0) is 11.3 Å². The molecule has 0 spiro atoms. The number of benzene rings is 2. The van der Waals surface area contributed by atoms with Gasteiger partial charge in [0.05, 0.1) is 12.0 Å². The van der Waals surface area contributed by atoms with Crippen molar-refractivity contribution in [3.63, 3.8) is 0 Å². The van der Waals surface area contributed by atoms with E-state index in [2.05, 4.69) is 14.1 Å². The van der Waals surface area contributed by atoms with Crippen molar-refractivity contribution >= 4 is 28.6 Å². The predicted octanol–water partition coefficient (Wildman–Crippen LogP) is 5.19. The van der Waals surface area contributed by atoms with Gasteiger partial charge in [0.25, 0.3) is 0 Å². The molecule has 0 saturated heterocycles. The number of anilines is 1. The quantitative estimate of drug-likeness (QED) is 0.498. The molecule has 1 N–H and O–H groups in total. The lowest BCUT2D eigenvalue weighted by Crippen LogP contribution is -1.95. The van der Waals surface area contributed by atoms with Crippen LogP contribution in [0, 0.1) is 18.6 Å². The highest BCUT2D eigenvalue weighted by molar-refractivity contribution is 8.00. The smallest absolute Gasteiger partial charge is 0.212 e. The minimum absolute atomic E-state index is 0.0650. The molecule has 2 aromatic carbocycles. The first kappa shape index (κ1) is 20.3. The lowest BCUT2D eigenvalue weighted by atomic mass is 10.2. The SMILES string of the molecule is COCc1nsc(NSc2cc(F)c(Oc3cc(C)cc(OC)c3)cc2F)n1. The van der Waals surface area contributed by atoms with Crippen LogP contribution in [0.4, 0.5) is 13.9 Å². The van der Waals surface area contributed by atoms with Gasteiger partial charge in [-0.2, -0.15) is 4.37 Å². The fourth-order valence-electron chi connectivity index (χ4n) is 2.27. The molecule has 0 atom stereocenters. The molecule has 0 aliphatic rings. The van der Waals surface area contributed by atoms with Gasteiger partial charge in [0.15, 0.2) is 17.4 Å². The second-order valence-corrected chi connectivity index (χ2v) is 7.25. The number of methoxy groups -OCH3 is 2. The Hall–Kier alpha value is -2.43. The van der Waals surface area contributed by atoms with E-state index in [9.17, 15) is 8.78 Å². The number of nitrogens with zero attached hydrogens (tertiary/aromatic N) is 2. The van der Waals surface area contributed by atoms with E-state index in [1.54, 1.807) is 18.2 Å². The van der Waals surface area contributed by atoms with Crippen LogP contribution in [0.15, 0.2) is 35.2 Å². The average molecular weight is 425 g/mol. The summed E-state index contributed by atoms with van der Waals surface area (Å²) in [5.41, 5.74) is 0.872. The lowest BCUT2D eigenvalue weighted by molar-refractivity contribution is 0.179. The molecule has 3 rings (SSSR count). The average Bonchev–Trinajstić information content (AvgIpc) is 3.10. The van der Waals surface area contributed by atoms with Gasteiger partial charge in [0.2, 0.25) is 5.13 Å². The standard InChI is InChI=1S/C18H17F2N3O3S2/c1-10-4-11(25-3)6-12(5-10)26-15-7-14(20)16(8-13(15)19)27-23-18-21-17(9-24-2)22-28-18/h4-8H,9H2,1-3H3,(H,21,22,23). The molecule has 0 bridgehead atoms. The van der Waals surface area contributed by atoms with Crippen molar-refractivity contribution < 1.29 is 23.0 Å². The van der Waals surface area contributed by atoms with Crippen molar-refractivity contribution in [2.24, 2.45) is 0 Å². The van der Waals surface area contributed by atoms with Crippen molar-refractivity contribution in [3.05, 3.63) is 53.4 Å². The molecular weight excluding hydrogens is 408 g/mol. The van der Waals surface area contributed by atoms with E-state index >= 15 is 0 Å². The van der Waals surface area contributed by atoms with Crippen LogP contribution in [0.2, 0.25) is 0 Å². The zero-order chi connectivity index (χ0) is 20.1. The maximum atomic E-state index is 14.4. The molecule has 10 heteroatoms. The van der Waals surface area contributed by atoms with Crippen LogP contribution in [-0.4, -0.2) is 23.6 Å². The number of halogens is 2. The number of ether oxygens (including phenoxy) is 3. The minimum atomic E-state index is -0.691. The molecule has 0 amide bonds. The second-order valence-electron chi connectivity index (χ2n) is 5.65. The summed E-state index contributed by atoms with van der Waals surface area (Å²) in [5.74, 6) is -0.101. The van der Waals surface area contributed by atoms with Crippen molar-refractivity contribution in [2.45, 2.75) is 18.4 Å². The van der Waals surface area contributed by atoms with Crippen LogP contribution in [0.1, 0.15) is 11.4 Å². The van der Waals surface area contributed by atoms with Crippen LogP contribution < -0.4 is 14.2 Å². The van der Waals surface area contributed by atoms with Gasteiger partial charge in [-0.05, 0) is 42.6 Å². The summed E-state index contributed by atoms with van der Waals surface area (Å²) in [4.78, 5) is 4.23.